The minimum Gasteiger partial charge on any atom is -0.384 e. The van der Waals surface area contributed by atoms with Gasteiger partial charge in [0.05, 0.1) is 6.61 Å². The number of ether oxygens (including phenoxy) is 1. The van der Waals surface area contributed by atoms with Crippen molar-refractivity contribution in [2.45, 2.75) is 31.6 Å². The fourth-order valence-corrected chi connectivity index (χ4v) is 2.30. The number of rotatable bonds is 3. The van der Waals surface area contributed by atoms with Gasteiger partial charge in [0, 0.05) is 12.5 Å². The average Bonchev–Trinajstić information content (AvgIpc) is 2.13. The van der Waals surface area contributed by atoms with Gasteiger partial charge in [-0.25, -0.2) is 0 Å². The molecule has 76 valence electrons. The minimum atomic E-state index is 0.336. The second kappa shape index (κ2) is 3.74. The molecule has 0 radical (unpaired) electrons. The normalized spacial score (nSPS) is 19.0. The van der Waals surface area contributed by atoms with Crippen molar-refractivity contribution in [1.82, 2.24) is 0 Å². The van der Waals surface area contributed by atoms with E-state index < -0.39 is 0 Å². The van der Waals surface area contributed by atoms with Crippen LogP contribution in [-0.2, 0) is 10.2 Å². The molecule has 0 atom stereocenters. The Labute approximate surface area is 86.1 Å². The Morgan fingerprint density at radius 1 is 1.21 bits per heavy atom. The first kappa shape index (κ1) is 9.72. The van der Waals surface area contributed by atoms with Crippen LogP contribution in [0.15, 0.2) is 24.3 Å². The topological polar surface area (TPSA) is 9.23 Å². The van der Waals surface area contributed by atoms with E-state index in [-0.39, 0.29) is 0 Å². The molecule has 0 unspecified atom stereocenters. The van der Waals surface area contributed by atoms with Gasteiger partial charge in [-0.1, -0.05) is 36.2 Å². The molecule has 1 aromatic rings. The van der Waals surface area contributed by atoms with Crippen molar-refractivity contribution in [1.29, 1.82) is 0 Å². The van der Waals surface area contributed by atoms with Crippen LogP contribution in [0.5, 0.6) is 0 Å². The van der Waals surface area contributed by atoms with E-state index in [4.69, 9.17) is 4.74 Å². The lowest BCUT2D eigenvalue weighted by molar-refractivity contribution is 0.0792. The predicted molar refractivity (Wildman–Crippen MR) is 58.6 cm³/mol. The van der Waals surface area contributed by atoms with Crippen LogP contribution in [-0.4, -0.2) is 13.7 Å². The Kier molecular flexibility index (Phi) is 2.60. The van der Waals surface area contributed by atoms with Crippen molar-refractivity contribution >= 4 is 0 Å². The number of hydrogen-bond acceptors (Lipinski definition) is 1. The number of aryl methyl sites for hydroxylation is 1. The van der Waals surface area contributed by atoms with Gasteiger partial charge in [-0.3, -0.25) is 0 Å². The zero-order valence-corrected chi connectivity index (χ0v) is 9.05. The highest BCUT2D eigenvalue weighted by Gasteiger charge is 2.38. The first-order chi connectivity index (χ1) is 6.77. The van der Waals surface area contributed by atoms with Gasteiger partial charge >= 0.3 is 0 Å². The molecule has 1 aromatic carbocycles. The van der Waals surface area contributed by atoms with Crippen molar-refractivity contribution in [3.05, 3.63) is 35.4 Å². The van der Waals surface area contributed by atoms with Gasteiger partial charge in [-0.2, -0.15) is 0 Å². The SMILES string of the molecule is COCC1(c2ccc(C)cc2)CCC1. The Morgan fingerprint density at radius 3 is 2.29 bits per heavy atom. The molecule has 1 aliphatic carbocycles. The highest BCUT2D eigenvalue weighted by atomic mass is 16.5. The van der Waals surface area contributed by atoms with Crippen molar-refractivity contribution in [3.63, 3.8) is 0 Å². The third kappa shape index (κ3) is 1.57. The largest absolute Gasteiger partial charge is 0.384 e. The Bertz CT molecular complexity index is 296. The molecule has 1 fully saturated rings. The van der Waals surface area contributed by atoms with E-state index in [1.807, 2.05) is 0 Å². The molecule has 0 bridgehead atoms. The fraction of sp³-hybridized carbons (Fsp3) is 0.538. The summed E-state index contributed by atoms with van der Waals surface area (Å²) in [6.07, 6.45) is 3.91. The van der Waals surface area contributed by atoms with Gasteiger partial charge in [0.25, 0.3) is 0 Å². The van der Waals surface area contributed by atoms with Gasteiger partial charge in [0.1, 0.15) is 0 Å². The number of methoxy groups -OCH3 is 1. The van der Waals surface area contributed by atoms with Gasteiger partial charge < -0.3 is 4.74 Å². The zero-order valence-electron chi connectivity index (χ0n) is 9.05. The predicted octanol–water partition coefficient (Wildman–Crippen LogP) is 3.06. The second-order valence-electron chi connectivity index (χ2n) is 4.43. The van der Waals surface area contributed by atoms with Crippen molar-refractivity contribution in [2.75, 3.05) is 13.7 Å². The highest BCUT2D eigenvalue weighted by molar-refractivity contribution is 5.30. The van der Waals surface area contributed by atoms with E-state index in [1.165, 1.54) is 30.4 Å². The zero-order chi connectivity index (χ0) is 10.0. The summed E-state index contributed by atoms with van der Waals surface area (Å²) in [4.78, 5) is 0. The first-order valence-corrected chi connectivity index (χ1v) is 5.33. The lowest BCUT2D eigenvalue weighted by Gasteiger charge is -2.42. The Morgan fingerprint density at radius 2 is 1.86 bits per heavy atom. The minimum absolute atomic E-state index is 0.336. The molecule has 1 aliphatic rings. The molecule has 14 heavy (non-hydrogen) atoms. The number of hydrogen-bond donors (Lipinski definition) is 0. The molecule has 0 aliphatic heterocycles. The lowest BCUT2D eigenvalue weighted by atomic mass is 9.65. The maximum Gasteiger partial charge on any atom is 0.0559 e. The molecule has 0 aromatic heterocycles. The van der Waals surface area contributed by atoms with Gasteiger partial charge in [0.2, 0.25) is 0 Å². The summed E-state index contributed by atoms with van der Waals surface area (Å²) in [5.74, 6) is 0. The summed E-state index contributed by atoms with van der Waals surface area (Å²) in [5, 5.41) is 0. The molecular formula is C13H18O. The third-order valence-corrected chi connectivity index (χ3v) is 3.40. The van der Waals surface area contributed by atoms with Crippen LogP contribution in [0.2, 0.25) is 0 Å². The van der Waals surface area contributed by atoms with Crippen LogP contribution >= 0.6 is 0 Å². The van der Waals surface area contributed by atoms with Gasteiger partial charge in [-0.15, -0.1) is 0 Å². The molecule has 0 heterocycles. The maximum atomic E-state index is 5.33. The van der Waals surface area contributed by atoms with Crippen molar-refractivity contribution in [3.8, 4) is 0 Å². The fourth-order valence-electron chi connectivity index (χ4n) is 2.30. The van der Waals surface area contributed by atoms with Crippen LogP contribution in [0.3, 0.4) is 0 Å². The van der Waals surface area contributed by atoms with E-state index >= 15 is 0 Å². The van der Waals surface area contributed by atoms with E-state index in [1.54, 1.807) is 7.11 Å². The van der Waals surface area contributed by atoms with Crippen LogP contribution < -0.4 is 0 Å². The highest BCUT2D eigenvalue weighted by Crippen LogP contribution is 2.43. The molecule has 1 nitrogen and oxygen atoms in total. The maximum absolute atomic E-state index is 5.33. The molecular weight excluding hydrogens is 172 g/mol. The molecule has 0 N–H and O–H groups in total. The van der Waals surface area contributed by atoms with E-state index in [0.717, 1.165) is 6.61 Å². The summed E-state index contributed by atoms with van der Waals surface area (Å²) in [7, 11) is 1.80. The van der Waals surface area contributed by atoms with E-state index in [9.17, 15) is 0 Å². The summed E-state index contributed by atoms with van der Waals surface area (Å²) >= 11 is 0. The molecule has 1 saturated carbocycles. The first-order valence-electron chi connectivity index (χ1n) is 5.33. The third-order valence-electron chi connectivity index (χ3n) is 3.40. The molecule has 2 rings (SSSR count). The second-order valence-corrected chi connectivity index (χ2v) is 4.43. The molecule has 0 spiro atoms. The van der Waals surface area contributed by atoms with Crippen LogP contribution in [0.1, 0.15) is 30.4 Å². The molecule has 0 amide bonds. The molecule has 1 heteroatoms. The van der Waals surface area contributed by atoms with E-state index in [0.29, 0.717) is 5.41 Å². The Hall–Kier alpha value is -0.820. The van der Waals surface area contributed by atoms with Crippen molar-refractivity contribution in [2.24, 2.45) is 0 Å². The summed E-state index contributed by atoms with van der Waals surface area (Å²) in [5.41, 5.74) is 3.12. The van der Waals surface area contributed by atoms with Crippen LogP contribution in [0, 0.1) is 6.92 Å². The summed E-state index contributed by atoms with van der Waals surface area (Å²) in [6.45, 7) is 3.00. The van der Waals surface area contributed by atoms with Gasteiger partial charge in [-0.05, 0) is 25.3 Å². The average molecular weight is 190 g/mol. The number of benzene rings is 1. The standard InChI is InChI=1S/C13H18O/c1-11-4-6-12(7-5-11)13(10-14-2)8-3-9-13/h4-7H,3,8-10H2,1-2H3. The van der Waals surface area contributed by atoms with Crippen molar-refractivity contribution < 1.29 is 4.74 Å². The summed E-state index contributed by atoms with van der Waals surface area (Å²) < 4.78 is 5.33. The lowest BCUT2D eigenvalue weighted by Crippen LogP contribution is -2.38. The monoisotopic (exact) mass is 190 g/mol. The molecule has 0 saturated heterocycles. The van der Waals surface area contributed by atoms with Crippen LogP contribution in [0.4, 0.5) is 0 Å². The smallest absolute Gasteiger partial charge is 0.0559 e. The van der Waals surface area contributed by atoms with E-state index in [2.05, 4.69) is 31.2 Å². The quantitative estimate of drug-likeness (QED) is 0.711. The van der Waals surface area contributed by atoms with Gasteiger partial charge in [0.15, 0.2) is 0 Å². The van der Waals surface area contributed by atoms with Crippen LogP contribution in [0.25, 0.3) is 0 Å². The Balaban J connectivity index is 2.23. The summed E-state index contributed by atoms with van der Waals surface area (Å²) in [6, 6.07) is 8.91.